The van der Waals surface area contributed by atoms with Gasteiger partial charge in [0.05, 0.1) is 23.0 Å². The van der Waals surface area contributed by atoms with Crippen molar-refractivity contribution in [3.63, 3.8) is 0 Å². The average molecular weight is 311 g/mol. The molecule has 0 aromatic heterocycles. The van der Waals surface area contributed by atoms with Gasteiger partial charge in [-0.1, -0.05) is 0 Å². The molecular formula is C13H12BrFN2O. The highest BCUT2D eigenvalue weighted by Crippen LogP contribution is 2.30. The van der Waals surface area contributed by atoms with E-state index in [9.17, 15) is 4.39 Å². The van der Waals surface area contributed by atoms with E-state index in [1.165, 1.54) is 18.2 Å². The van der Waals surface area contributed by atoms with Crippen LogP contribution in [0.15, 0.2) is 40.9 Å². The summed E-state index contributed by atoms with van der Waals surface area (Å²) >= 11 is 3.38. The third-order valence-electron chi connectivity index (χ3n) is 2.45. The van der Waals surface area contributed by atoms with Gasteiger partial charge in [-0.2, -0.15) is 0 Å². The molecule has 94 valence electrons. The summed E-state index contributed by atoms with van der Waals surface area (Å²) in [5.74, 6) is 0.395. The molecule has 0 fully saturated rings. The van der Waals surface area contributed by atoms with Gasteiger partial charge in [-0.25, -0.2) is 4.39 Å². The summed E-state index contributed by atoms with van der Waals surface area (Å²) in [6.07, 6.45) is 0. The summed E-state index contributed by atoms with van der Waals surface area (Å²) in [6.45, 7) is 0. The van der Waals surface area contributed by atoms with Crippen molar-refractivity contribution in [1.82, 2.24) is 0 Å². The van der Waals surface area contributed by atoms with Crippen molar-refractivity contribution >= 4 is 33.0 Å². The summed E-state index contributed by atoms with van der Waals surface area (Å²) in [6, 6.07) is 9.67. The number of nitrogens with two attached hydrogens (primary N) is 1. The van der Waals surface area contributed by atoms with E-state index in [-0.39, 0.29) is 5.82 Å². The van der Waals surface area contributed by atoms with Crippen molar-refractivity contribution in [2.24, 2.45) is 0 Å². The maximum Gasteiger partial charge on any atom is 0.133 e. The van der Waals surface area contributed by atoms with Crippen LogP contribution >= 0.6 is 15.9 Å². The van der Waals surface area contributed by atoms with Crippen LogP contribution in [0, 0.1) is 5.82 Å². The molecular weight excluding hydrogens is 299 g/mol. The van der Waals surface area contributed by atoms with Crippen molar-refractivity contribution in [2.75, 3.05) is 18.2 Å². The molecule has 0 heterocycles. The molecule has 0 spiro atoms. The maximum atomic E-state index is 13.1. The van der Waals surface area contributed by atoms with E-state index in [1.807, 2.05) is 18.2 Å². The Balaban J connectivity index is 2.28. The van der Waals surface area contributed by atoms with Crippen LogP contribution in [-0.4, -0.2) is 7.11 Å². The third-order valence-corrected chi connectivity index (χ3v) is 3.07. The maximum absolute atomic E-state index is 13.1. The molecule has 2 aromatic carbocycles. The van der Waals surface area contributed by atoms with Gasteiger partial charge in [0.2, 0.25) is 0 Å². The van der Waals surface area contributed by atoms with Gasteiger partial charge in [0, 0.05) is 5.69 Å². The van der Waals surface area contributed by atoms with Crippen molar-refractivity contribution < 1.29 is 9.13 Å². The fourth-order valence-electron chi connectivity index (χ4n) is 1.54. The standard InChI is InChI=1S/C13H12BrFN2O/c1-18-13-5-3-9(7-10(13)14)17-12-6-8(15)2-4-11(12)16/h2-7,17H,16H2,1H3. The molecule has 18 heavy (non-hydrogen) atoms. The fourth-order valence-corrected chi connectivity index (χ4v) is 2.08. The normalized spacial score (nSPS) is 10.2. The fraction of sp³-hybridized carbons (Fsp3) is 0.0769. The van der Waals surface area contributed by atoms with Gasteiger partial charge in [0.25, 0.3) is 0 Å². The number of hydrogen-bond acceptors (Lipinski definition) is 3. The summed E-state index contributed by atoms with van der Waals surface area (Å²) in [5, 5.41) is 3.05. The van der Waals surface area contributed by atoms with Crippen LogP contribution in [0.2, 0.25) is 0 Å². The molecule has 0 unspecified atom stereocenters. The zero-order valence-corrected chi connectivity index (χ0v) is 11.3. The number of benzene rings is 2. The van der Waals surface area contributed by atoms with Crippen LogP contribution in [-0.2, 0) is 0 Å². The molecule has 0 aliphatic heterocycles. The second kappa shape index (κ2) is 5.27. The minimum atomic E-state index is -0.334. The predicted molar refractivity (Wildman–Crippen MR) is 74.8 cm³/mol. The number of hydrogen-bond donors (Lipinski definition) is 2. The van der Waals surface area contributed by atoms with Gasteiger partial charge < -0.3 is 15.8 Å². The molecule has 0 atom stereocenters. The number of anilines is 3. The lowest BCUT2D eigenvalue weighted by atomic mass is 10.2. The molecule has 2 rings (SSSR count). The van der Waals surface area contributed by atoms with Gasteiger partial charge in [-0.3, -0.25) is 0 Å². The Morgan fingerprint density at radius 1 is 1.22 bits per heavy atom. The molecule has 0 aliphatic carbocycles. The lowest BCUT2D eigenvalue weighted by molar-refractivity contribution is 0.412. The van der Waals surface area contributed by atoms with Crippen molar-refractivity contribution in [3.8, 4) is 5.75 Å². The lowest BCUT2D eigenvalue weighted by Crippen LogP contribution is -1.97. The highest BCUT2D eigenvalue weighted by atomic mass is 79.9. The van der Waals surface area contributed by atoms with E-state index in [0.29, 0.717) is 11.4 Å². The van der Waals surface area contributed by atoms with E-state index in [0.717, 1.165) is 15.9 Å². The van der Waals surface area contributed by atoms with Crippen LogP contribution in [0.5, 0.6) is 5.75 Å². The second-order valence-corrected chi connectivity index (χ2v) is 4.56. The Bertz CT molecular complexity index is 575. The number of methoxy groups -OCH3 is 1. The Kier molecular flexibility index (Phi) is 3.72. The topological polar surface area (TPSA) is 47.3 Å². The molecule has 5 heteroatoms. The zero-order valence-electron chi connectivity index (χ0n) is 9.71. The molecule has 3 N–H and O–H groups in total. The number of nitrogen functional groups attached to an aromatic ring is 1. The first-order valence-electron chi connectivity index (χ1n) is 5.26. The third kappa shape index (κ3) is 2.73. The first-order chi connectivity index (χ1) is 8.60. The monoisotopic (exact) mass is 310 g/mol. The summed E-state index contributed by atoms with van der Waals surface area (Å²) in [4.78, 5) is 0. The molecule has 0 saturated carbocycles. The minimum Gasteiger partial charge on any atom is -0.496 e. The average Bonchev–Trinajstić information content (AvgIpc) is 2.34. The van der Waals surface area contributed by atoms with E-state index >= 15 is 0 Å². The highest BCUT2D eigenvalue weighted by Gasteiger charge is 2.04. The molecule has 0 saturated heterocycles. The van der Waals surface area contributed by atoms with Gasteiger partial charge in [0.1, 0.15) is 11.6 Å². The second-order valence-electron chi connectivity index (χ2n) is 3.71. The number of nitrogens with one attached hydrogen (secondary N) is 1. The zero-order chi connectivity index (χ0) is 13.1. The van der Waals surface area contributed by atoms with Crippen LogP contribution in [0.25, 0.3) is 0 Å². The molecule has 0 radical (unpaired) electrons. The molecule has 0 amide bonds. The largest absolute Gasteiger partial charge is 0.496 e. The Labute approximate surface area is 113 Å². The van der Waals surface area contributed by atoms with Gasteiger partial charge in [-0.15, -0.1) is 0 Å². The van der Waals surface area contributed by atoms with Crippen molar-refractivity contribution in [1.29, 1.82) is 0 Å². The quantitative estimate of drug-likeness (QED) is 0.845. The van der Waals surface area contributed by atoms with Gasteiger partial charge in [-0.05, 0) is 52.3 Å². The summed E-state index contributed by atoms with van der Waals surface area (Å²) in [5.41, 5.74) is 7.58. The molecule has 2 aromatic rings. The molecule has 0 bridgehead atoms. The van der Waals surface area contributed by atoms with Gasteiger partial charge in [0.15, 0.2) is 0 Å². The molecule has 3 nitrogen and oxygen atoms in total. The van der Waals surface area contributed by atoms with Crippen LogP contribution < -0.4 is 15.8 Å². The predicted octanol–water partition coefficient (Wildman–Crippen LogP) is 3.92. The SMILES string of the molecule is COc1ccc(Nc2cc(F)ccc2N)cc1Br. The highest BCUT2D eigenvalue weighted by molar-refractivity contribution is 9.10. The number of halogens is 2. The van der Waals surface area contributed by atoms with Crippen LogP contribution in [0.3, 0.4) is 0 Å². The molecule has 0 aliphatic rings. The van der Waals surface area contributed by atoms with E-state index < -0.39 is 0 Å². The van der Waals surface area contributed by atoms with Crippen molar-refractivity contribution in [3.05, 3.63) is 46.7 Å². The smallest absolute Gasteiger partial charge is 0.133 e. The Morgan fingerprint density at radius 3 is 2.67 bits per heavy atom. The van der Waals surface area contributed by atoms with Crippen LogP contribution in [0.1, 0.15) is 0 Å². The Morgan fingerprint density at radius 2 is 2.00 bits per heavy atom. The first-order valence-corrected chi connectivity index (χ1v) is 6.05. The Hall–Kier alpha value is -1.75. The van der Waals surface area contributed by atoms with E-state index in [1.54, 1.807) is 7.11 Å². The van der Waals surface area contributed by atoms with E-state index in [2.05, 4.69) is 21.2 Å². The number of ether oxygens (including phenoxy) is 1. The minimum absolute atomic E-state index is 0.334. The van der Waals surface area contributed by atoms with Crippen LogP contribution in [0.4, 0.5) is 21.5 Å². The number of rotatable bonds is 3. The lowest BCUT2D eigenvalue weighted by Gasteiger charge is -2.11. The van der Waals surface area contributed by atoms with Crippen molar-refractivity contribution in [2.45, 2.75) is 0 Å². The summed E-state index contributed by atoms with van der Waals surface area (Å²) in [7, 11) is 1.59. The summed E-state index contributed by atoms with van der Waals surface area (Å²) < 4.78 is 19.1. The van der Waals surface area contributed by atoms with E-state index in [4.69, 9.17) is 10.5 Å². The first kappa shape index (κ1) is 12.7. The van der Waals surface area contributed by atoms with Gasteiger partial charge >= 0.3 is 0 Å².